The third-order valence-corrected chi connectivity index (χ3v) is 3.46. The molecular weight excluding hydrogens is 310 g/mol. The highest BCUT2D eigenvalue weighted by atomic mass is 16.4. The normalized spacial score (nSPS) is 13.0. The second-order valence-electron chi connectivity index (χ2n) is 5.24. The molecule has 1 heterocycles. The molecule has 126 valence electrons. The molecule has 0 radical (unpaired) electrons. The Bertz CT molecular complexity index is 714. The number of carbonyl (C=O) groups excluding carboxylic acids is 1. The Hall–Kier alpha value is -3.03. The van der Waals surface area contributed by atoms with Crippen LogP contribution in [0.15, 0.2) is 43.0 Å². The van der Waals surface area contributed by atoms with Crippen molar-refractivity contribution in [2.45, 2.75) is 31.8 Å². The summed E-state index contributed by atoms with van der Waals surface area (Å²) in [5.74, 6) is -1.17. The van der Waals surface area contributed by atoms with Crippen LogP contribution in [-0.4, -0.2) is 43.2 Å². The molecule has 2 aromatic rings. The van der Waals surface area contributed by atoms with Gasteiger partial charge in [-0.05, 0) is 25.0 Å². The molecule has 0 aliphatic carbocycles. The van der Waals surface area contributed by atoms with Crippen molar-refractivity contribution >= 4 is 11.9 Å². The standard InChI is InChI=1S/C16H19N5O3/c1-3-4-10-13(16(23)24)17-15(22)11(2)21-19-14(18-20-21)12-8-6-5-7-9-12/h3,5-9,11,13H,1,4,10H2,2H3,(H,17,22)(H,23,24). The minimum Gasteiger partial charge on any atom is -0.480 e. The van der Waals surface area contributed by atoms with Crippen molar-refractivity contribution in [3.63, 3.8) is 0 Å². The third kappa shape index (κ3) is 4.25. The van der Waals surface area contributed by atoms with Gasteiger partial charge in [0.1, 0.15) is 12.1 Å². The molecule has 8 nitrogen and oxygen atoms in total. The van der Waals surface area contributed by atoms with Gasteiger partial charge in [-0.1, -0.05) is 36.4 Å². The number of tetrazole rings is 1. The van der Waals surface area contributed by atoms with Crippen molar-refractivity contribution in [3.8, 4) is 11.4 Å². The number of carboxylic acids is 1. The van der Waals surface area contributed by atoms with E-state index in [0.717, 1.165) is 5.56 Å². The highest BCUT2D eigenvalue weighted by Crippen LogP contribution is 2.13. The van der Waals surface area contributed by atoms with Crippen LogP contribution in [0.4, 0.5) is 0 Å². The summed E-state index contributed by atoms with van der Waals surface area (Å²) < 4.78 is 0. The number of nitrogens with zero attached hydrogens (tertiary/aromatic N) is 4. The van der Waals surface area contributed by atoms with Crippen LogP contribution in [0.1, 0.15) is 25.8 Å². The maximum absolute atomic E-state index is 12.2. The van der Waals surface area contributed by atoms with Gasteiger partial charge >= 0.3 is 5.97 Å². The molecule has 0 fully saturated rings. The molecule has 0 aliphatic heterocycles. The van der Waals surface area contributed by atoms with Crippen molar-refractivity contribution in [3.05, 3.63) is 43.0 Å². The molecule has 2 N–H and O–H groups in total. The van der Waals surface area contributed by atoms with Crippen LogP contribution >= 0.6 is 0 Å². The Morgan fingerprint density at radius 2 is 2.08 bits per heavy atom. The van der Waals surface area contributed by atoms with E-state index in [-0.39, 0.29) is 6.42 Å². The van der Waals surface area contributed by atoms with E-state index in [1.165, 1.54) is 4.80 Å². The average Bonchev–Trinajstić information content (AvgIpc) is 3.08. The minimum atomic E-state index is -1.09. The zero-order chi connectivity index (χ0) is 17.5. The van der Waals surface area contributed by atoms with Crippen LogP contribution in [0.3, 0.4) is 0 Å². The monoisotopic (exact) mass is 329 g/mol. The summed E-state index contributed by atoms with van der Waals surface area (Å²) in [4.78, 5) is 24.6. The number of aliphatic carboxylic acids is 1. The number of nitrogens with one attached hydrogen (secondary N) is 1. The van der Waals surface area contributed by atoms with Crippen LogP contribution in [-0.2, 0) is 9.59 Å². The van der Waals surface area contributed by atoms with Crippen LogP contribution in [0.25, 0.3) is 11.4 Å². The number of hydrogen-bond donors (Lipinski definition) is 2. The Kier molecular flexibility index (Phi) is 5.78. The first-order valence-electron chi connectivity index (χ1n) is 7.52. The van der Waals surface area contributed by atoms with Crippen molar-refractivity contribution in [2.75, 3.05) is 0 Å². The van der Waals surface area contributed by atoms with Gasteiger partial charge in [0.15, 0.2) is 0 Å². The maximum Gasteiger partial charge on any atom is 0.326 e. The molecule has 1 aromatic carbocycles. The number of aromatic nitrogens is 4. The number of amides is 1. The summed E-state index contributed by atoms with van der Waals surface area (Å²) in [6.45, 7) is 5.13. The predicted octanol–water partition coefficient (Wildman–Crippen LogP) is 1.44. The average molecular weight is 329 g/mol. The van der Waals surface area contributed by atoms with E-state index in [0.29, 0.717) is 12.2 Å². The zero-order valence-electron chi connectivity index (χ0n) is 13.3. The van der Waals surface area contributed by atoms with E-state index in [2.05, 4.69) is 27.3 Å². The number of benzene rings is 1. The Morgan fingerprint density at radius 1 is 1.38 bits per heavy atom. The SMILES string of the molecule is C=CCCC(NC(=O)C(C)n1nnc(-c2ccccc2)n1)C(=O)O. The van der Waals surface area contributed by atoms with Gasteiger partial charge in [-0.15, -0.1) is 16.8 Å². The minimum absolute atomic E-state index is 0.275. The smallest absolute Gasteiger partial charge is 0.326 e. The van der Waals surface area contributed by atoms with E-state index in [4.69, 9.17) is 5.11 Å². The van der Waals surface area contributed by atoms with E-state index in [9.17, 15) is 9.59 Å². The zero-order valence-corrected chi connectivity index (χ0v) is 13.3. The molecule has 24 heavy (non-hydrogen) atoms. The molecular formula is C16H19N5O3. The second kappa shape index (κ2) is 8.00. The molecule has 0 saturated heterocycles. The Balaban J connectivity index is 2.06. The van der Waals surface area contributed by atoms with Crippen LogP contribution in [0.2, 0.25) is 0 Å². The Morgan fingerprint density at radius 3 is 2.71 bits per heavy atom. The van der Waals surface area contributed by atoms with Gasteiger partial charge in [0.05, 0.1) is 0 Å². The van der Waals surface area contributed by atoms with Gasteiger partial charge in [0.2, 0.25) is 11.7 Å². The van der Waals surface area contributed by atoms with Gasteiger partial charge in [-0.25, -0.2) is 4.79 Å². The fourth-order valence-electron chi connectivity index (χ4n) is 2.03. The largest absolute Gasteiger partial charge is 0.480 e. The van der Waals surface area contributed by atoms with Gasteiger partial charge in [-0.2, -0.15) is 4.80 Å². The molecule has 0 saturated carbocycles. The molecule has 8 heteroatoms. The van der Waals surface area contributed by atoms with E-state index in [1.54, 1.807) is 13.0 Å². The van der Waals surface area contributed by atoms with Crippen LogP contribution < -0.4 is 5.32 Å². The second-order valence-corrected chi connectivity index (χ2v) is 5.24. The quantitative estimate of drug-likeness (QED) is 0.709. The Labute approximate surface area is 139 Å². The molecule has 0 bridgehead atoms. The molecule has 1 amide bonds. The molecule has 0 spiro atoms. The number of carbonyl (C=O) groups is 2. The molecule has 2 rings (SSSR count). The summed E-state index contributed by atoms with van der Waals surface area (Å²) in [7, 11) is 0. The summed E-state index contributed by atoms with van der Waals surface area (Å²) >= 11 is 0. The van der Waals surface area contributed by atoms with Crippen LogP contribution in [0, 0.1) is 0 Å². The lowest BCUT2D eigenvalue weighted by Crippen LogP contribution is -2.43. The lowest BCUT2D eigenvalue weighted by Gasteiger charge is -2.16. The fraction of sp³-hybridized carbons (Fsp3) is 0.312. The topological polar surface area (TPSA) is 110 Å². The van der Waals surface area contributed by atoms with Gasteiger partial charge in [0, 0.05) is 5.56 Å². The molecule has 2 unspecified atom stereocenters. The van der Waals surface area contributed by atoms with Crippen LogP contribution in [0.5, 0.6) is 0 Å². The summed E-state index contributed by atoms with van der Waals surface area (Å²) in [5, 5.41) is 23.6. The molecule has 2 atom stereocenters. The lowest BCUT2D eigenvalue weighted by molar-refractivity contribution is -0.142. The van der Waals surface area contributed by atoms with E-state index in [1.807, 2.05) is 30.3 Å². The number of carboxylic acid groups (broad SMARTS) is 1. The van der Waals surface area contributed by atoms with E-state index >= 15 is 0 Å². The maximum atomic E-state index is 12.2. The molecule has 1 aromatic heterocycles. The fourth-order valence-corrected chi connectivity index (χ4v) is 2.03. The first-order valence-corrected chi connectivity index (χ1v) is 7.52. The third-order valence-electron chi connectivity index (χ3n) is 3.46. The number of rotatable bonds is 8. The summed E-state index contributed by atoms with van der Waals surface area (Å²) in [5.41, 5.74) is 0.783. The van der Waals surface area contributed by atoms with Gasteiger partial charge < -0.3 is 10.4 Å². The lowest BCUT2D eigenvalue weighted by atomic mass is 10.1. The molecule has 0 aliphatic rings. The highest BCUT2D eigenvalue weighted by Gasteiger charge is 2.24. The first-order chi connectivity index (χ1) is 11.5. The van der Waals surface area contributed by atoms with Crippen molar-refractivity contribution in [2.24, 2.45) is 0 Å². The van der Waals surface area contributed by atoms with Gasteiger partial charge in [0.25, 0.3) is 0 Å². The highest BCUT2D eigenvalue weighted by molar-refractivity contribution is 5.85. The summed E-state index contributed by atoms with van der Waals surface area (Å²) in [6.07, 6.45) is 2.37. The predicted molar refractivity (Wildman–Crippen MR) is 87.0 cm³/mol. The van der Waals surface area contributed by atoms with Gasteiger partial charge in [-0.3, -0.25) is 4.79 Å². The number of hydrogen-bond acceptors (Lipinski definition) is 5. The van der Waals surface area contributed by atoms with Crippen molar-refractivity contribution in [1.82, 2.24) is 25.5 Å². The van der Waals surface area contributed by atoms with Crippen molar-refractivity contribution in [1.29, 1.82) is 0 Å². The number of allylic oxidation sites excluding steroid dienone is 1. The van der Waals surface area contributed by atoms with Crippen molar-refractivity contribution < 1.29 is 14.7 Å². The first kappa shape index (κ1) is 17.3. The van der Waals surface area contributed by atoms with E-state index < -0.39 is 24.0 Å². The summed E-state index contributed by atoms with van der Waals surface area (Å²) in [6, 6.07) is 7.49.